The summed E-state index contributed by atoms with van der Waals surface area (Å²) < 4.78 is 12.2. The van der Waals surface area contributed by atoms with Gasteiger partial charge in [0.25, 0.3) is 5.91 Å². The molecule has 7 heteroatoms. The number of benzene rings is 1. The van der Waals surface area contributed by atoms with E-state index in [0.717, 1.165) is 5.56 Å². The van der Waals surface area contributed by atoms with Crippen LogP contribution in [0.5, 0.6) is 11.5 Å². The van der Waals surface area contributed by atoms with Gasteiger partial charge in [0.2, 0.25) is 0 Å². The number of ether oxygens (including phenoxy) is 2. The maximum atomic E-state index is 12.4. The van der Waals surface area contributed by atoms with Crippen LogP contribution in [0.25, 0.3) is 0 Å². The highest BCUT2D eigenvalue weighted by Gasteiger charge is 2.15. The summed E-state index contributed by atoms with van der Waals surface area (Å²) in [6, 6.07) is 3.32. The van der Waals surface area contributed by atoms with Crippen molar-refractivity contribution in [2.75, 3.05) is 14.2 Å². The summed E-state index contributed by atoms with van der Waals surface area (Å²) >= 11 is 0. The van der Waals surface area contributed by atoms with E-state index in [1.165, 1.54) is 6.33 Å². The molecular formula is C15H20N4O3. The number of nitrogens with zero attached hydrogens (tertiary/aromatic N) is 3. The molecule has 0 aliphatic carbocycles. The second kappa shape index (κ2) is 6.93. The van der Waals surface area contributed by atoms with Gasteiger partial charge in [0.05, 0.1) is 20.8 Å². The summed E-state index contributed by atoms with van der Waals surface area (Å²) in [5, 5.41) is 6.93. The molecular weight excluding hydrogens is 284 g/mol. The van der Waals surface area contributed by atoms with Crippen molar-refractivity contribution in [3.63, 3.8) is 0 Å². The molecule has 1 aromatic heterocycles. The lowest BCUT2D eigenvalue weighted by Crippen LogP contribution is -2.35. The zero-order valence-corrected chi connectivity index (χ0v) is 13.2. The van der Waals surface area contributed by atoms with Crippen molar-refractivity contribution < 1.29 is 14.3 Å². The molecule has 0 saturated heterocycles. The smallest absolute Gasteiger partial charge is 0.251 e. The Hall–Kier alpha value is -2.57. The van der Waals surface area contributed by atoms with Gasteiger partial charge in [0.1, 0.15) is 24.2 Å². The van der Waals surface area contributed by atoms with Crippen molar-refractivity contribution in [2.45, 2.75) is 26.4 Å². The lowest BCUT2D eigenvalue weighted by molar-refractivity contribution is 0.0935. The van der Waals surface area contributed by atoms with Crippen LogP contribution in [0.3, 0.4) is 0 Å². The van der Waals surface area contributed by atoms with Gasteiger partial charge in [-0.15, -0.1) is 0 Å². The number of carbonyl (C=O) groups is 1. The lowest BCUT2D eigenvalue weighted by Gasteiger charge is -2.16. The fraction of sp³-hybridized carbons (Fsp3) is 0.400. The zero-order chi connectivity index (χ0) is 16.1. The van der Waals surface area contributed by atoms with E-state index < -0.39 is 0 Å². The average molecular weight is 304 g/mol. The Morgan fingerprint density at radius 1 is 1.32 bits per heavy atom. The van der Waals surface area contributed by atoms with Gasteiger partial charge in [-0.25, -0.2) is 4.98 Å². The van der Waals surface area contributed by atoms with Crippen LogP contribution in [0.2, 0.25) is 0 Å². The standard InChI is InChI=1S/C15H20N4O3/c1-10(7-19-9-16-8-17-19)18-15(20)12-5-13(21-3)11(2)14(6-12)22-4/h5-6,8-10H,7H2,1-4H3,(H,18,20)/t10-/m1/s1. The van der Waals surface area contributed by atoms with Crippen molar-refractivity contribution >= 4 is 5.91 Å². The second-order valence-corrected chi connectivity index (χ2v) is 5.00. The fourth-order valence-electron chi connectivity index (χ4n) is 2.18. The Balaban J connectivity index is 2.11. The topological polar surface area (TPSA) is 78.3 Å². The van der Waals surface area contributed by atoms with Gasteiger partial charge in [-0.1, -0.05) is 0 Å². The first kappa shape index (κ1) is 15.8. The molecule has 7 nitrogen and oxygen atoms in total. The van der Waals surface area contributed by atoms with Gasteiger partial charge in [-0.3, -0.25) is 9.48 Å². The first-order valence-corrected chi connectivity index (χ1v) is 6.91. The summed E-state index contributed by atoms with van der Waals surface area (Å²) in [7, 11) is 3.13. The van der Waals surface area contributed by atoms with Crippen LogP contribution in [0, 0.1) is 6.92 Å². The number of rotatable bonds is 6. The number of carbonyl (C=O) groups excluding carboxylic acids is 1. The van der Waals surface area contributed by atoms with Crippen molar-refractivity contribution in [3.8, 4) is 11.5 Å². The minimum absolute atomic E-state index is 0.0903. The predicted octanol–water partition coefficient (Wildman–Crippen LogP) is 1.42. The van der Waals surface area contributed by atoms with Gasteiger partial charge in [0.15, 0.2) is 0 Å². The Labute approximate surface area is 129 Å². The largest absolute Gasteiger partial charge is 0.496 e. The number of methoxy groups -OCH3 is 2. The second-order valence-electron chi connectivity index (χ2n) is 5.00. The molecule has 0 fully saturated rings. The third-order valence-corrected chi connectivity index (χ3v) is 3.32. The van der Waals surface area contributed by atoms with E-state index in [4.69, 9.17) is 9.47 Å². The first-order valence-electron chi connectivity index (χ1n) is 6.91. The summed E-state index contributed by atoms with van der Waals surface area (Å²) in [4.78, 5) is 16.2. The highest BCUT2D eigenvalue weighted by Crippen LogP contribution is 2.29. The fourth-order valence-corrected chi connectivity index (χ4v) is 2.18. The Kier molecular flexibility index (Phi) is 4.98. The van der Waals surface area contributed by atoms with E-state index in [2.05, 4.69) is 15.4 Å². The van der Waals surface area contributed by atoms with Gasteiger partial charge in [0, 0.05) is 17.2 Å². The Morgan fingerprint density at radius 2 is 1.95 bits per heavy atom. The van der Waals surface area contributed by atoms with Gasteiger partial charge < -0.3 is 14.8 Å². The molecule has 0 bridgehead atoms. The zero-order valence-electron chi connectivity index (χ0n) is 13.2. The molecule has 1 heterocycles. The Bertz CT molecular complexity index is 615. The molecule has 0 unspecified atom stereocenters. The third-order valence-electron chi connectivity index (χ3n) is 3.32. The molecule has 2 rings (SSSR count). The predicted molar refractivity (Wildman–Crippen MR) is 81.2 cm³/mol. The minimum Gasteiger partial charge on any atom is -0.496 e. The van der Waals surface area contributed by atoms with E-state index in [-0.39, 0.29) is 11.9 Å². The SMILES string of the molecule is COc1cc(C(=O)N[C@H](C)Cn2cncn2)cc(OC)c1C. The van der Waals surface area contributed by atoms with Crippen molar-refractivity contribution in [3.05, 3.63) is 35.9 Å². The molecule has 0 spiro atoms. The molecule has 0 aliphatic heterocycles. The van der Waals surface area contributed by atoms with E-state index in [1.54, 1.807) is 37.4 Å². The molecule has 0 radical (unpaired) electrons. The summed E-state index contributed by atoms with van der Waals surface area (Å²) in [5.41, 5.74) is 1.35. The molecule has 1 amide bonds. The number of hydrogen-bond donors (Lipinski definition) is 1. The first-order chi connectivity index (χ1) is 10.5. The molecule has 0 saturated carbocycles. The summed E-state index contributed by atoms with van der Waals surface area (Å²) in [5.74, 6) is 1.05. The lowest BCUT2D eigenvalue weighted by atomic mass is 10.1. The van der Waals surface area contributed by atoms with Gasteiger partial charge >= 0.3 is 0 Å². The summed E-state index contributed by atoms with van der Waals surface area (Å²) in [6.07, 6.45) is 3.07. The maximum Gasteiger partial charge on any atom is 0.251 e. The highest BCUT2D eigenvalue weighted by atomic mass is 16.5. The molecule has 0 aliphatic rings. The molecule has 2 aromatic rings. The number of amides is 1. The molecule has 118 valence electrons. The van der Waals surface area contributed by atoms with Crippen LogP contribution in [0.1, 0.15) is 22.8 Å². The average Bonchev–Trinajstić information content (AvgIpc) is 3.00. The van der Waals surface area contributed by atoms with Crippen LogP contribution in [-0.4, -0.2) is 40.9 Å². The Morgan fingerprint density at radius 3 is 2.45 bits per heavy atom. The van der Waals surface area contributed by atoms with Crippen molar-refractivity contribution in [2.24, 2.45) is 0 Å². The molecule has 22 heavy (non-hydrogen) atoms. The van der Waals surface area contributed by atoms with Crippen LogP contribution in [0.15, 0.2) is 24.8 Å². The van der Waals surface area contributed by atoms with Gasteiger partial charge in [-0.2, -0.15) is 5.10 Å². The van der Waals surface area contributed by atoms with E-state index in [1.807, 2.05) is 13.8 Å². The van der Waals surface area contributed by atoms with Crippen molar-refractivity contribution in [1.82, 2.24) is 20.1 Å². The highest BCUT2D eigenvalue weighted by molar-refractivity contribution is 5.95. The van der Waals surface area contributed by atoms with Gasteiger partial charge in [-0.05, 0) is 26.0 Å². The monoisotopic (exact) mass is 304 g/mol. The van der Waals surface area contributed by atoms with E-state index >= 15 is 0 Å². The van der Waals surface area contributed by atoms with E-state index in [9.17, 15) is 4.79 Å². The minimum atomic E-state index is -0.191. The van der Waals surface area contributed by atoms with Crippen LogP contribution in [-0.2, 0) is 6.54 Å². The number of hydrogen-bond acceptors (Lipinski definition) is 5. The maximum absolute atomic E-state index is 12.4. The van der Waals surface area contributed by atoms with Crippen LogP contribution in [0.4, 0.5) is 0 Å². The quantitative estimate of drug-likeness (QED) is 0.873. The number of nitrogens with one attached hydrogen (secondary N) is 1. The molecule has 1 aromatic carbocycles. The summed E-state index contributed by atoms with van der Waals surface area (Å²) in [6.45, 7) is 4.33. The number of aromatic nitrogens is 3. The van der Waals surface area contributed by atoms with Crippen LogP contribution >= 0.6 is 0 Å². The van der Waals surface area contributed by atoms with Crippen LogP contribution < -0.4 is 14.8 Å². The molecule has 1 N–H and O–H groups in total. The van der Waals surface area contributed by atoms with Crippen molar-refractivity contribution in [1.29, 1.82) is 0 Å². The third kappa shape index (κ3) is 3.55. The van der Waals surface area contributed by atoms with E-state index in [0.29, 0.717) is 23.6 Å². The normalized spacial score (nSPS) is 11.8. The molecule has 1 atom stereocenters.